The van der Waals surface area contributed by atoms with Gasteiger partial charge in [0.05, 0.1) is 37.1 Å². The highest BCUT2D eigenvalue weighted by molar-refractivity contribution is 5.78. The van der Waals surface area contributed by atoms with E-state index in [-0.39, 0.29) is 36.3 Å². The first-order valence-electron chi connectivity index (χ1n) is 13.8. The Morgan fingerprint density at radius 1 is 0.974 bits per heavy atom. The maximum Gasteiger partial charge on any atom is 0.317 e. The number of carbonyl (C=O) groups is 1. The Kier molecular flexibility index (Phi) is 9.92. The molecule has 2 saturated heterocycles. The summed E-state index contributed by atoms with van der Waals surface area (Å²) in [6.45, 7) is 11.9. The lowest BCUT2D eigenvalue weighted by atomic mass is 9.66. The van der Waals surface area contributed by atoms with Crippen molar-refractivity contribution in [3.8, 4) is 0 Å². The van der Waals surface area contributed by atoms with Crippen LogP contribution in [0.1, 0.15) is 61.3 Å². The van der Waals surface area contributed by atoms with Gasteiger partial charge < -0.3 is 50.2 Å². The summed E-state index contributed by atoms with van der Waals surface area (Å²) in [6.07, 6.45) is -8.05. The quantitative estimate of drug-likeness (QED) is 0.245. The standard InChI is InChI=1S/C27H49NO10/c1-12-8-13(2)21(19(31)18(12)20-14(3)9-15(30)16(10-28)35-20)37-24-23(33)27(7,22(32)17(11-29)36-24)25(34)38-26(4,5)6/h12-24,29-33H,8-11,28H2,1-7H3. The lowest BCUT2D eigenvalue weighted by Gasteiger charge is -2.52. The van der Waals surface area contributed by atoms with Gasteiger partial charge in [0.15, 0.2) is 6.29 Å². The molecule has 0 spiro atoms. The molecule has 3 aliphatic rings. The summed E-state index contributed by atoms with van der Waals surface area (Å²) in [5.74, 6) is -1.30. The fourth-order valence-electron chi connectivity index (χ4n) is 6.48. The zero-order chi connectivity index (χ0) is 28.7. The van der Waals surface area contributed by atoms with E-state index < -0.39 is 72.6 Å². The maximum absolute atomic E-state index is 13.2. The summed E-state index contributed by atoms with van der Waals surface area (Å²) < 4.78 is 23.7. The number of carbonyl (C=O) groups excluding carboxylic acids is 1. The van der Waals surface area contributed by atoms with Gasteiger partial charge in [0.25, 0.3) is 0 Å². The highest BCUT2D eigenvalue weighted by atomic mass is 16.7. The van der Waals surface area contributed by atoms with Crippen molar-refractivity contribution in [1.29, 1.82) is 0 Å². The Morgan fingerprint density at radius 2 is 1.61 bits per heavy atom. The van der Waals surface area contributed by atoms with Gasteiger partial charge in [0.2, 0.25) is 0 Å². The predicted molar refractivity (Wildman–Crippen MR) is 137 cm³/mol. The van der Waals surface area contributed by atoms with Crippen LogP contribution in [0.2, 0.25) is 0 Å². The SMILES string of the molecule is CC1CC(C)C(C2OC(CN)C(O)CC2C)C(O)C1OC1OC(CO)C(O)C(C)(C(=O)OC(C)(C)C)C1O. The number of ether oxygens (including phenoxy) is 4. The Labute approximate surface area is 225 Å². The van der Waals surface area contributed by atoms with Crippen LogP contribution in [-0.4, -0.2) is 105 Å². The molecular formula is C27H49NO10. The average molecular weight is 548 g/mol. The van der Waals surface area contributed by atoms with Gasteiger partial charge in [0, 0.05) is 12.5 Å². The van der Waals surface area contributed by atoms with Crippen LogP contribution in [0.25, 0.3) is 0 Å². The molecule has 0 aromatic carbocycles. The molecule has 0 aromatic rings. The molecule has 0 bridgehead atoms. The molecule has 0 radical (unpaired) electrons. The van der Waals surface area contributed by atoms with Crippen molar-refractivity contribution in [3.63, 3.8) is 0 Å². The second-order valence-corrected chi connectivity index (χ2v) is 12.9. The third-order valence-electron chi connectivity index (χ3n) is 8.70. The van der Waals surface area contributed by atoms with Crippen LogP contribution in [0.3, 0.4) is 0 Å². The smallest absolute Gasteiger partial charge is 0.317 e. The topological polar surface area (TPSA) is 181 Å². The number of rotatable bonds is 6. The van der Waals surface area contributed by atoms with Gasteiger partial charge in [-0.25, -0.2) is 0 Å². The molecular weight excluding hydrogens is 498 g/mol. The van der Waals surface area contributed by atoms with E-state index in [1.54, 1.807) is 20.8 Å². The summed E-state index contributed by atoms with van der Waals surface area (Å²) >= 11 is 0. The summed E-state index contributed by atoms with van der Waals surface area (Å²) in [4.78, 5) is 13.2. The third-order valence-corrected chi connectivity index (χ3v) is 8.70. The van der Waals surface area contributed by atoms with Crippen LogP contribution in [0.4, 0.5) is 0 Å². The largest absolute Gasteiger partial charge is 0.459 e. The van der Waals surface area contributed by atoms with E-state index >= 15 is 0 Å². The van der Waals surface area contributed by atoms with E-state index in [1.807, 2.05) is 20.8 Å². The van der Waals surface area contributed by atoms with Gasteiger partial charge in [-0.2, -0.15) is 0 Å². The first-order chi connectivity index (χ1) is 17.6. The Bertz CT molecular complexity index is 807. The summed E-state index contributed by atoms with van der Waals surface area (Å²) in [7, 11) is 0. The number of aliphatic hydroxyl groups excluding tert-OH is 5. The zero-order valence-electron chi connectivity index (χ0n) is 23.7. The van der Waals surface area contributed by atoms with Gasteiger partial charge in [-0.3, -0.25) is 4.79 Å². The van der Waals surface area contributed by atoms with Gasteiger partial charge in [-0.1, -0.05) is 20.8 Å². The molecule has 2 heterocycles. The fourth-order valence-corrected chi connectivity index (χ4v) is 6.48. The van der Waals surface area contributed by atoms with Gasteiger partial charge in [-0.05, 0) is 58.3 Å². The van der Waals surface area contributed by atoms with E-state index in [9.17, 15) is 30.3 Å². The Morgan fingerprint density at radius 3 is 2.16 bits per heavy atom. The number of esters is 1. The van der Waals surface area contributed by atoms with Crippen LogP contribution >= 0.6 is 0 Å². The van der Waals surface area contributed by atoms with E-state index in [4.69, 9.17) is 24.7 Å². The van der Waals surface area contributed by atoms with Crippen LogP contribution in [0.15, 0.2) is 0 Å². The van der Waals surface area contributed by atoms with Crippen molar-refractivity contribution in [2.24, 2.45) is 34.8 Å². The molecule has 3 rings (SSSR count). The van der Waals surface area contributed by atoms with Crippen molar-refractivity contribution < 1.29 is 49.3 Å². The van der Waals surface area contributed by atoms with Gasteiger partial charge in [0.1, 0.15) is 29.3 Å². The highest BCUT2D eigenvalue weighted by Gasteiger charge is 2.60. The molecule has 14 atom stereocenters. The molecule has 0 amide bonds. The lowest BCUT2D eigenvalue weighted by molar-refractivity contribution is -0.336. The molecule has 3 fully saturated rings. The van der Waals surface area contributed by atoms with Crippen molar-refractivity contribution in [2.45, 2.75) is 122 Å². The minimum absolute atomic E-state index is 0.0372. The zero-order valence-corrected chi connectivity index (χ0v) is 23.7. The highest BCUT2D eigenvalue weighted by Crippen LogP contribution is 2.45. The second kappa shape index (κ2) is 11.9. The summed E-state index contributed by atoms with van der Waals surface area (Å²) in [5, 5.41) is 54.1. The molecule has 11 nitrogen and oxygen atoms in total. The Balaban J connectivity index is 1.86. The number of nitrogens with two attached hydrogens (primary N) is 1. The molecule has 11 heteroatoms. The maximum atomic E-state index is 13.2. The molecule has 1 saturated carbocycles. The summed E-state index contributed by atoms with van der Waals surface area (Å²) in [5.41, 5.74) is 3.08. The van der Waals surface area contributed by atoms with Gasteiger partial charge >= 0.3 is 5.97 Å². The van der Waals surface area contributed by atoms with Gasteiger partial charge in [-0.15, -0.1) is 0 Å². The van der Waals surface area contributed by atoms with Crippen LogP contribution in [-0.2, 0) is 23.7 Å². The Hall–Kier alpha value is -0.890. The molecule has 2 aliphatic heterocycles. The van der Waals surface area contributed by atoms with E-state index in [0.717, 1.165) is 0 Å². The molecule has 7 N–H and O–H groups in total. The minimum Gasteiger partial charge on any atom is -0.459 e. The normalized spacial score (nSPS) is 48.5. The number of hydrogen-bond donors (Lipinski definition) is 6. The summed E-state index contributed by atoms with van der Waals surface area (Å²) in [6, 6.07) is 0. The molecule has 1 aliphatic carbocycles. The number of aliphatic hydroxyl groups is 5. The lowest BCUT2D eigenvalue weighted by Crippen LogP contribution is -2.67. The average Bonchev–Trinajstić information content (AvgIpc) is 2.81. The molecule has 222 valence electrons. The van der Waals surface area contributed by atoms with E-state index in [1.165, 1.54) is 6.92 Å². The van der Waals surface area contributed by atoms with Crippen molar-refractivity contribution in [1.82, 2.24) is 0 Å². The second-order valence-electron chi connectivity index (χ2n) is 12.9. The minimum atomic E-state index is -1.86. The van der Waals surface area contributed by atoms with Crippen molar-refractivity contribution in [3.05, 3.63) is 0 Å². The van der Waals surface area contributed by atoms with Crippen molar-refractivity contribution in [2.75, 3.05) is 13.2 Å². The number of hydrogen-bond acceptors (Lipinski definition) is 11. The third kappa shape index (κ3) is 6.06. The first kappa shape index (κ1) is 31.6. The first-order valence-corrected chi connectivity index (χ1v) is 13.8. The van der Waals surface area contributed by atoms with Crippen LogP contribution in [0, 0.1) is 29.1 Å². The molecule has 14 unspecified atom stereocenters. The molecule has 38 heavy (non-hydrogen) atoms. The van der Waals surface area contributed by atoms with Crippen LogP contribution in [0.5, 0.6) is 0 Å². The molecule has 0 aromatic heterocycles. The van der Waals surface area contributed by atoms with E-state index in [2.05, 4.69) is 0 Å². The van der Waals surface area contributed by atoms with Crippen molar-refractivity contribution >= 4 is 5.97 Å². The van der Waals surface area contributed by atoms with E-state index in [0.29, 0.717) is 12.8 Å². The predicted octanol–water partition coefficient (Wildman–Crippen LogP) is -0.0752. The fraction of sp³-hybridized carbons (Fsp3) is 0.963. The van der Waals surface area contributed by atoms with Crippen LogP contribution < -0.4 is 5.73 Å². The monoisotopic (exact) mass is 547 g/mol.